The number of rotatable bonds is 0. The first-order valence-corrected chi connectivity index (χ1v) is 2.76. The molecule has 0 aliphatic carbocycles. The molecule has 0 amide bonds. The Kier molecular flexibility index (Phi) is 2.76. The van der Waals surface area contributed by atoms with Crippen molar-refractivity contribution >= 4 is 5.95 Å². The fourth-order valence-corrected chi connectivity index (χ4v) is 0.753. The number of nitrogens with two attached hydrogens (primary N) is 1. The minimum Gasteiger partial charge on any atom is -0.368 e. The molecule has 0 atom stereocenters. The summed E-state index contributed by atoms with van der Waals surface area (Å²) in [5.41, 5.74) is 7.17. The summed E-state index contributed by atoms with van der Waals surface area (Å²) in [4.78, 5) is 7.80. The Bertz CT molecular complexity index is 171. The minimum atomic E-state index is 0. The molecule has 0 aliphatic heterocycles. The standard InChI is InChI=1S/C6H9N3.H3N/c1-4-3-5(2)9-6(7)8-4;/h3H,1-2H3,(H2,7,8,9);1H3. The molecule has 0 saturated heterocycles. The van der Waals surface area contributed by atoms with E-state index in [4.69, 9.17) is 5.73 Å². The molecule has 1 aromatic heterocycles. The van der Waals surface area contributed by atoms with Gasteiger partial charge in [-0.2, -0.15) is 0 Å². The average molecular weight is 140 g/mol. The molecule has 0 spiro atoms. The molecule has 1 aromatic rings. The van der Waals surface area contributed by atoms with Crippen molar-refractivity contribution in [3.63, 3.8) is 0 Å². The van der Waals surface area contributed by atoms with Crippen LogP contribution in [0.5, 0.6) is 0 Å². The van der Waals surface area contributed by atoms with E-state index in [1.165, 1.54) is 0 Å². The SMILES string of the molecule is Cc1cc(C)nc(N)n1.N. The van der Waals surface area contributed by atoms with E-state index in [9.17, 15) is 0 Å². The molecular formula is C6H12N4. The minimum absolute atomic E-state index is 0. The first-order valence-electron chi connectivity index (χ1n) is 2.76. The first kappa shape index (κ1) is 8.84. The molecule has 0 bridgehead atoms. The maximum Gasteiger partial charge on any atom is 0.220 e. The highest BCUT2D eigenvalue weighted by Gasteiger charge is 1.90. The summed E-state index contributed by atoms with van der Waals surface area (Å²) in [6.07, 6.45) is 0. The number of hydrogen-bond donors (Lipinski definition) is 2. The average Bonchev–Trinajstić information content (AvgIpc) is 1.59. The first-order chi connectivity index (χ1) is 4.18. The van der Waals surface area contributed by atoms with E-state index in [0.29, 0.717) is 5.95 Å². The van der Waals surface area contributed by atoms with Gasteiger partial charge in [-0.15, -0.1) is 0 Å². The van der Waals surface area contributed by atoms with Gasteiger partial charge in [0.25, 0.3) is 0 Å². The lowest BCUT2D eigenvalue weighted by Gasteiger charge is -1.94. The summed E-state index contributed by atoms with van der Waals surface area (Å²) in [6.45, 7) is 3.79. The lowest BCUT2D eigenvalue weighted by atomic mass is 10.4. The zero-order chi connectivity index (χ0) is 6.85. The van der Waals surface area contributed by atoms with Crippen molar-refractivity contribution < 1.29 is 0 Å². The molecule has 1 rings (SSSR count). The summed E-state index contributed by atoms with van der Waals surface area (Å²) in [6, 6.07) is 1.89. The van der Waals surface area contributed by atoms with Crippen molar-refractivity contribution in [2.75, 3.05) is 5.73 Å². The number of aryl methyl sites for hydroxylation is 2. The van der Waals surface area contributed by atoms with Crippen LogP contribution in [0.4, 0.5) is 5.95 Å². The zero-order valence-corrected chi connectivity index (χ0v) is 6.26. The van der Waals surface area contributed by atoms with Crippen LogP contribution in [0, 0.1) is 13.8 Å². The van der Waals surface area contributed by atoms with Crippen molar-refractivity contribution in [3.05, 3.63) is 17.5 Å². The third-order valence-electron chi connectivity index (χ3n) is 1.000. The summed E-state index contributed by atoms with van der Waals surface area (Å²) in [5, 5.41) is 0. The van der Waals surface area contributed by atoms with Crippen LogP contribution in [0.2, 0.25) is 0 Å². The molecule has 10 heavy (non-hydrogen) atoms. The van der Waals surface area contributed by atoms with Gasteiger partial charge in [0.2, 0.25) is 5.95 Å². The van der Waals surface area contributed by atoms with Gasteiger partial charge >= 0.3 is 0 Å². The summed E-state index contributed by atoms with van der Waals surface area (Å²) < 4.78 is 0. The predicted octanol–water partition coefficient (Wildman–Crippen LogP) is 0.838. The van der Waals surface area contributed by atoms with Gasteiger partial charge in [-0.1, -0.05) is 0 Å². The van der Waals surface area contributed by atoms with E-state index < -0.39 is 0 Å². The Morgan fingerprint density at radius 2 is 1.60 bits per heavy atom. The van der Waals surface area contributed by atoms with Crippen molar-refractivity contribution in [1.82, 2.24) is 16.1 Å². The quantitative estimate of drug-likeness (QED) is 0.559. The van der Waals surface area contributed by atoms with Crippen molar-refractivity contribution in [2.24, 2.45) is 0 Å². The fraction of sp³-hybridized carbons (Fsp3) is 0.333. The van der Waals surface area contributed by atoms with Crippen LogP contribution in [0.3, 0.4) is 0 Å². The molecule has 0 radical (unpaired) electrons. The maximum atomic E-state index is 5.34. The van der Waals surface area contributed by atoms with Gasteiger partial charge in [0.1, 0.15) is 0 Å². The molecule has 0 aromatic carbocycles. The van der Waals surface area contributed by atoms with Crippen LogP contribution in [0.1, 0.15) is 11.4 Å². The molecular weight excluding hydrogens is 128 g/mol. The van der Waals surface area contributed by atoms with E-state index in [0.717, 1.165) is 11.4 Å². The van der Waals surface area contributed by atoms with E-state index in [1.807, 2.05) is 19.9 Å². The highest BCUT2D eigenvalue weighted by Crippen LogP contribution is 1.98. The highest BCUT2D eigenvalue weighted by molar-refractivity contribution is 5.20. The Balaban J connectivity index is 0.000000810. The van der Waals surface area contributed by atoms with Crippen LogP contribution < -0.4 is 11.9 Å². The second-order valence-corrected chi connectivity index (χ2v) is 2.01. The highest BCUT2D eigenvalue weighted by atomic mass is 15.0. The van der Waals surface area contributed by atoms with Crippen LogP contribution in [0.15, 0.2) is 6.07 Å². The lowest BCUT2D eigenvalue weighted by molar-refractivity contribution is 1.07. The monoisotopic (exact) mass is 140 g/mol. The van der Waals surface area contributed by atoms with Crippen molar-refractivity contribution in [2.45, 2.75) is 13.8 Å². The number of anilines is 1. The van der Waals surface area contributed by atoms with Gasteiger partial charge in [-0.05, 0) is 19.9 Å². The molecule has 0 fully saturated rings. The summed E-state index contributed by atoms with van der Waals surface area (Å²) in [7, 11) is 0. The Labute approximate surface area is 60.1 Å². The molecule has 0 unspecified atom stereocenters. The number of nitrogens with zero attached hydrogens (tertiary/aromatic N) is 2. The normalized spacial score (nSPS) is 8.60. The summed E-state index contributed by atoms with van der Waals surface area (Å²) >= 11 is 0. The zero-order valence-electron chi connectivity index (χ0n) is 6.26. The second kappa shape index (κ2) is 3.12. The molecule has 0 aliphatic rings. The van der Waals surface area contributed by atoms with Crippen LogP contribution >= 0.6 is 0 Å². The molecule has 4 nitrogen and oxygen atoms in total. The summed E-state index contributed by atoms with van der Waals surface area (Å²) in [5.74, 6) is 0.354. The van der Waals surface area contributed by atoms with Crippen molar-refractivity contribution in [1.29, 1.82) is 0 Å². The molecule has 4 heteroatoms. The molecule has 1 heterocycles. The molecule has 56 valence electrons. The Morgan fingerprint density at radius 3 is 1.90 bits per heavy atom. The van der Waals surface area contributed by atoms with Gasteiger partial charge in [-0.3, -0.25) is 0 Å². The number of hydrogen-bond acceptors (Lipinski definition) is 4. The van der Waals surface area contributed by atoms with Crippen LogP contribution in [-0.2, 0) is 0 Å². The maximum absolute atomic E-state index is 5.34. The fourth-order valence-electron chi connectivity index (χ4n) is 0.753. The number of nitrogen functional groups attached to an aromatic ring is 1. The second-order valence-electron chi connectivity index (χ2n) is 2.01. The van der Waals surface area contributed by atoms with Gasteiger partial charge in [0.15, 0.2) is 0 Å². The van der Waals surface area contributed by atoms with E-state index >= 15 is 0 Å². The molecule has 5 N–H and O–H groups in total. The lowest BCUT2D eigenvalue weighted by Crippen LogP contribution is -1.97. The Morgan fingerprint density at radius 1 is 1.20 bits per heavy atom. The van der Waals surface area contributed by atoms with Crippen LogP contribution in [-0.4, -0.2) is 9.97 Å². The van der Waals surface area contributed by atoms with Crippen molar-refractivity contribution in [3.8, 4) is 0 Å². The molecule has 0 saturated carbocycles. The van der Waals surface area contributed by atoms with Gasteiger partial charge in [0, 0.05) is 11.4 Å². The number of aromatic nitrogens is 2. The third kappa shape index (κ3) is 1.99. The van der Waals surface area contributed by atoms with E-state index in [1.54, 1.807) is 0 Å². The topological polar surface area (TPSA) is 86.8 Å². The largest absolute Gasteiger partial charge is 0.368 e. The predicted molar refractivity (Wildman–Crippen MR) is 40.9 cm³/mol. The Hall–Kier alpha value is -1.16. The van der Waals surface area contributed by atoms with Crippen LogP contribution in [0.25, 0.3) is 0 Å². The smallest absolute Gasteiger partial charge is 0.220 e. The van der Waals surface area contributed by atoms with Gasteiger partial charge in [-0.25, -0.2) is 9.97 Å². The van der Waals surface area contributed by atoms with E-state index in [-0.39, 0.29) is 6.15 Å². The van der Waals surface area contributed by atoms with Gasteiger partial charge in [0.05, 0.1) is 0 Å². The third-order valence-corrected chi connectivity index (χ3v) is 1.000. The van der Waals surface area contributed by atoms with Gasteiger partial charge < -0.3 is 11.9 Å². The van der Waals surface area contributed by atoms with E-state index in [2.05, 4.69) is 9.97 Å².